The van der Waals surface area contributed by atoms with Crippen molar-refractivity contribution in [1.29, 1.82) is 0 Å². The molecule has 90 heavy (non-hydrogen) atoms. The molecule has 0 aliphatic rings. The number of unbranched alkanes of at least 4 members (excludes halogenated alkanes) is 46. The molecular formula is C71H138O17P2. The Morgan fingerprint density at radius 3 is 0.656 bits per heavy atom. The van der Waals surface area contributed by atoms with Crippen molar-refractivity contribution < 1.29 is 80.2 Å². The maximum absolute atomic E-state index is 13.0. The Morgan fingerprint density at radius 2 is 0.444 bits per heavy atom. The van der Waals surface area contributed by atoms with Gasteiger partial charge in [-0.2, -0.15) is 0 Å². The summed E-state index contributed by atoms with van der Waals surface area (Å²) < 4.78 is 68.1. The van der Waals surface area contributed by atoms with Crippen LogP contribution >= 0.6 is 15.6 Å². The summed E-state index contributed by atoms with van der Waals surface area (Å²) in [5, 5.41) is 10.6. The highest BCUT2D eigenvalue weighted by atomic mass is 31.2. The number of rotatable bonds is 72. The minimum Gasteiger partial charge on any atom is -0.462 e. The molecule has 0 aromatic heterocycles. The molecule has 0 heterocycles. The Bertz CT molecular complexity index is 1720. The number of ether oxygens (including phenoxy) is 4. The van der Waals surface area contributed by atoms with E-state index in [9.17, 15) is 43.2 Å². The van der Waals surface area contributed by atoms with Gasteiger partial charge in [-0.05, 0) is 25.7 Å². The lowest BCUT2D eigenvalue weighted by Gasteiger charge is -2.21. The number of esters is 4. The molecule has 534 valence electrons. The smallest absolute Gasteiger partial charge is 0.462 e. The first-order chi connectivity index (χ1) is 43.7. The minimum absolute atomic E-state index is 0.106. The topological polar surface area (TPSA) is 237 Å². The third-order valence-corrected chi connectivity index (χ3v) is 18.5. The Kier molecular flexibility index (Phi) is 64.3. The van der Waals surface area contributed by atoms with E-state index in [1.165, 1.54) is 199 Å². The maximum atomic E-state index is 13.0. The first-order valence-electron chi connectivity index (χ1n) is 37.3. The number of hydrogen-bond acceptors (Lipinski definition) is 15. The van der Waals surface area contributed by atoms with Gasteiger partial charge in [-0.3, -0.25) is 37.3 Å². The molecule has 2 unspecified atom stereocenters. The van der Waals surface area contributed by atoms with Crippen LogP contribution in [0.15, 0.2) is 0 Å². The van der Waals surface area contributed by atoms with Crippen LogP contribution in [0.2, 0.25) is 0 Å². The van der Waals surface area contributed by atoms with Gasteiger partial charge in [-0.1, -0.05) is 323 Å². The van der Waals surface area contributed by atoms with E-state index in [0.29, 0.717) is 25.7 Å². The number of phosphoric acid groups is 2. The van der Waals surface area contributed by atoms with Crippen LogP contribution in [-0.4, -0.2) is 96.7 Å². The molecule has 19 heteroatoms. The Morgan fingerprint density at radius 1 is 0.267 bits per heavy atom. The SMILES string of the molecule is CCCCCCCCCCCCCCCCCCCCCC(=O)O[C@H](COC(=O)CCCCCCCCCCCCCCCCC)COP(=O)(O)OC[C@@H](O)COP(=O)(O)OC[C@@H](COC(=O)CCCCCCC)OC(=O)CCCCCCCCCCCCC. The Labute approximate surface area is 549 Å². The fourth-order valence-electron chi connectivity index (χ4n) is 10.9. The van der Waals surface area contributed by atoms with Crippen LogP contribution in [0.5, 0.6) is 0 Å². The molecule has 17 nitrogen and oxygen atoms in total. The number of hydrogen-bond donors (Lipinski definition) is 3. The lowest BCUT2D eigenvalue weighted by Crippen LogP contribution is -2.30. The van der Waals surface area contributed by atoms with Gasteiger partial charge in [0.15, 0.2) is 12.2 Å². The predicted octanol–water partition coefficient (Wildman–Crippen LogP) is 20.7. The number of aliphatic hydroxyl groups excluding tert-OH is 1. The van der Waals surface area contributed by atoms with Crippen molar-refractivity contribution in [3.8, 4) is 0 Å². The summed E-state index contributed by atoms with van der Waals surface area (Å²) in [6.45, 7) is 4.86. The molecule has 0 saturated carbocycles. The largest absolute Gasteiger partial charge is 0.472 e. The summed E-state index contributed by atoms with van der Waals surface area (Å²) in [5.74, 6) is -2.13. The molecule has 0 aromatic carbocycles. The molecule has 0 aliphatic carbocycles. The summed E-state index contributed by atoms with van der Waals surface area (Å²) in [7, 11) is -9.89. The summed E-state index contributed by atoms with van der Waals surface area (Å²) in [6.07, 6.45) is 54.5. The van der Waals surface area contributed by atoms with E-state index in [2.05, 4.69) is 27.7 Å². The number of phosphoric ester groups is 2. The molecule has 0 spiro atoms. The molecule has 3 N–H and O–H groups in total. The second-order valence-electron chi connectivity index (χ2n) is 25.6. The van der Waals surface area contributed by atoms with Crippen molar-refractivity contribution in [1.82, 2.24) is 0 Å². The van der Waals surface area contributed by atoms with Gasteiger partial charge in [0.25, 0.3) is 0 Å². The van der Waals surface area contributed by atoms with Crippen LogP contribution in [0.3, 0.4) is 0 Å². The molecule has 0 amide bonds. The molecule has 0 bridgehead atoms. The first-order valence-corrected chi connectivity index (χ1v) is 40.3. The predicted molar refractivity (Wildman–Crippen MR) is 363 cm³/mol. The van der Waals surface area contributed by atoms with Gasteiger partial charge in [-0.25, -0.2) is 9.13 Å². The van der Waals surface area contributed by atoms with E-state index in [-0.39, 0.29) is 25.7 Å². The third-order valence-electron chi connectivity index (χ3n) is 16.6. The highest BCUT2D eigenvalue weighted by molar-refractivity contribution is 7.47. The van der Waals surface area contributed by atoms with E-state index in [1.807, 2.05) is 0 Å². The molecule has 0 radical (unpaired) electrons. The second-order valence-corrected chi connectivity index (χ2v) is 28.5. The maximum Gasteiger partial charge on any atom is 0.472 e. The van der Waals surface area contributed by atoms with Gasteiger partial charge in [0.2, 0.25) is 0 Å². The van der Waals surface area contributed by atoms with Crippen molar-refractivity contribution >= 4 is 39.5 Å². The summed E-state index contributed by atoms with van der Waals surface area (Å²) in [6, 6.07) is 0. The number of carbonyl (C=O) groups excluding carboxylic acids is 4. The van der Waals surface area contributed by atoms with Gasteiger partial charge in [0, 0.05) is 25.7 Å². The lowest BCUT2D eigenvalue weighted by atomic mass is 10.0. The molecule has 0 aliphatic heterocycles. The third kappa shape index (κ3) is 64.8. The van der Waals surface area contributed by atoms with E-state index < -0.39 is 97.5 Å². The van der Waals surface area contributed by atoms with Crippen LogP contribution in [0.4, 0.5) is 0 Å². The monoisotopic (exact) mass is 1320 g/mol. The molecule has 0 rings (SSSR count). The van der Waals surface area contributed by atoms with Crippen LogP contribution in [0.25, 0.3) is 0 Å². The average molecular weight is 1330 g/mol. The minimum atomic E-state index is -4.95. The zero-order valence-electron chi connectivity index (χ0n) is 58.1. The van der Waals surface area contributed by atoms with Crippen LogP contribution < -0.4 is 0 Å². The summed E-state index contributed by atoms with van der Waals surface area (Å²) >= 11 is 0. The fourth-order valence-corrected chi connectivity index (χ4v) is 12.4. The summed E-state index contributed by atoms with van der Waals surface area (Å²) in [5.41, 5.74) is 0. The quantitative estimate of drug-likeness (QED) is 0.0222. The lowest BCUT2D eigenvalue weighted by molar-refractivity contribution is -0.161. The van der Waals surface area contributed by atoms with Crippen molar-refractivity contribution in [2.45, 2.75) is 393 Å². The van der Waals surface area contributed by atoms with E-state index in [1.54, 1.807) is 0 Å². The highest BCUT2D eigenvalue weighted by Crippen LogP contribution is 2.45. The molecule has 0 aromatic rings. The number of aliphatic hydroxyl groups is 1. The van der Waals surface area contributed by atoms with Gasteiger partial charge in [0.1, 0.15) is 19.3 Å². The zero-order chi connectivity index (χ0) is 66.1. The van der Waals surface area contributed by atoms with Crippen molar-refractivity contribution in [2.75, 3.05) is 39.6 Å². The van der Waals surface area contributed by atoms with Crippen molar-refractivity contribution in [2.24, 2.45) is 0 Å². The molecular weight excluding hydrogens is 1190 g/mol. The fraction of sp³-hybridized carbons (Fsp3) is 0.944. The Hall–Kier alpha value is -1.94. The van der Waals surface area contributed by atoms with Gasteiger partial charge < -0.3 is 33.8 Å². The number of carbonyl (C=O) groups is 4. The standard InChI is InChI=1S/C71H138O17P2/c1-5-9-13-17-20-23-26-28-30-31-32-33-35-37-40-43-46-50-54-58-71(76)88-67(62-82-69(74)56-52-48-44-41-39-36-34-29-27-24-21-18-14-10-6-2)64-86-90(79,80)84-60-65(72)59-83-89(77,78)85-63-66(61-81-68(73)55-51-47-16-12-8-4)87-70(75)57-53-49-45-42-38-25-22-19-15-11-7-3/h65-67,72H,5-64H2,1-4H3,(H,77,78)(H,79,80)/t65-,66+,67+/m0/s1. The van der Waals surface area contributed by atoms with E-state index in [4.69, 9.17) is 37.0 Å². The van der Waals surface area contributed by atoms with E-state index >= 15 is 0 Å². The van der Waals surface area contributed by atoms with E-state index in [0.717, 1.165) is 96.3 Å². The molecule has 5 atom stereocenters. The van der Waals surface area contributed by atoms with Gasteiger partial charge in [0.05, 0.1) is 26.4 Å². The highest BCUT2D eigenvalue weighted by Gasteiger charge is 2.30. The molecule has 0 fully saturated rings. The van der Waals surface area contributed by atoms with Crippen LogP contribution in [0.1, 0.15) is 374 Å². The van der Waals surface area contributed by atoms with Gasteiger partial charge in [-0.15, -0.1) is 0 Å². The van der Waals surface area contributed by atoms with Crippen LogP contribution in [-0.2, 0) is 65.4 Å². The average Bonchev–Trinajstić information content (AvgIpc) is 3.63. The second kappa shape index (κ2) is 65.7. The summed E-state index contributed by atoms with van der Waals surface area (Å²) in [4.78, 5) is 72.3. The first kappa shape index (κ1) is 88.1. The van der Waals surface area contributed by atoms with Crippen molar-refractivity contribution in [3.63, 3.8) is 0 Å². The van der Waals surface area contributed by atoms with Crippen molar-refractivity contribution in [3.05, 3.63) is 0 Å². The van der Waals surface area contributed by atoms with Gasteiger partial charge >= 0.3 is 39.5 Å². The molecule has 0 saturated heterocycles. The Balaban J connectivity index is 5.13. The van der Waals surface area contributed by atoms with Crippen LogP contribution in [0, 0.1) is 0 Å². The zero-order valence-corrected chi connectivity index (χ0v) is 59.9. The normalized spacial score (nSPS) is 14.0.